The Bertz CT molecular complexity index is 670. The number of rotatable bonds is 3. The average molecular weight is 326 g/mol. The SMILES string of the molecule is O=C(Cc1ccc[nH]1)N1CCCN(C(=O)Nc2ccccc2)CC1. The lowest BCUT2D eigenvalue weighted by atomic mass is 10.2. The molecule has 2 N–H and O–H groups in total. The van der Waals surface area contributed by atoms with Gasteiger partial charge in [-0.15, -0.1) is 0 Å². The van der Waals surface area contributed by atoms with Crippen LogP contribution < -0.4 is 5.32 Å². The lowest BCUT2D eigenvalue weighted by Gasteiger charge is -2.22. The molecule has 6 nitrogen and oxygen atoms in total. The maximum Gasteiger partial charge on any atom is 0.321 e. The van der Waals surface area contributed by atoms with Crippen molar-refractivity contribution < 1.29 is 9.59 Å². The highest BCUT2D eigenvalue weighted by atomic mass is 16.2. The zero-order chi connectivity index (χ0) is 16.8. The van der Waals surface area contributed by atoms with Crippen LogP contribution in [0.4, 0.5) is 10.5 Å². The molecule has 1 aliphatic rings. The minimum atomic E-state index is -0.111. The Morgan fingerprint density at radius 1 is 0.958 bits per heavy atom. The Morgan fingerprint density at radius 2 is 1.71 bits per heavy atom. The fourth-order valence-corrected chi connectivity index (χ4v) is 2.85. The standard InChI is InChI=1S/C18H22N4O2/c23-17(14-16-8-4-9-19-16)21-10-5-11-22(13-12-21)18(24)20-15-6-2-1-3-7-15/h1-4,6-9,19H,5,10-14H2,(H,20,24). The van der Waals surface area contributed by atoms with Gasteiger partial charge in [0.05, 0.1) is 6.42 Å². The summed E-state index contributed by atoms with van der Waals surface area (Å²) < 4.78 is 0. The molecule has 0 unspecified atom stereocenters. The van der Waals surface area contributed by atoms with E-state index in [0.29, 0.717) is 32.6 Å². The minimum absolute atomic E-state index is 0.0998. The summed E-state index contributed by atoms with van der Waals surface area (Å²) in [6, 6.07) is 13.1. The number of hydrogen-bond acceptors (Lipinski definition) is 2. The van der Waals surface area contributed by atoms with Gasteiger partial charge in [0.1, 0.15) is 0 Å². The molecule has 0 aliphatic carbocycles. The number of carbonyl (C=O) groups excluding carboxylic acids is 2. The number of carbonyl (C=O) groups is 2. The van der Waals surface area contributed by atoms with Crippen molar-refractivity contribution in [3.05, 3.63) is 54.4 Å². The summed E-state index contributed by atoms with van der Waals surface area (Å²) in [4.78, 5) is 31.4. The van der Waals surface area contributed by atoms with Crippen molar-refractivity contribution in [3.63, 3.8) is 0 Å². The van der Waals surface area contributed by atoms with E-state index >= 15 is 0 Å². The van der Waals surface area contributed by atoms with Crippen LogP contribution in [0.15, 0.2) is 48.7 Å². The number of benzene rings is 1. The number of H-pyrrole nitrogens is 1. The van der Waals surface area contributed by atoms with Crippen molar-refractivity contribution in [1.82, 2.24) is 14.8 Å². The highest BCUT2D eigenvalue weighted by Gasteiger charge is 2.22. The van der Waals surface area contributed by atoms with E-state index in [2.05, 4.69) is 10.3 Å². The number of aromatic nitrogens is 1. The van der Waals surface area contributed by atoms with E-state index in [9.17, 15) is 9.59 Å². The predicted molar refractivity (Wildman–Crippen MR) is 92.7 cm³/mol. The van der Waals surface area contributed by atoms with Crippen LogP contribution in [0.5, 0.6) is 0 Å². The summed E-state index contributed by atoms with van der Waals surface area (Å²) >= 11 is 0. The van der Waals surface area contributed by atoms with Gasteiger partial charge in [-0.3, -0.25) is 4.79 Å². The number of amides is 3. The Morgan fingerprint density at radius 3 is 2.46 bits per heavy atom. The third-order valence-electron chi connectivity index (χ3n) is 4.16. The number of nitrogens with one attached hydrogen (secondary N) is 2. The lowest BCUT2D eigenvalue weighted by molar-refractivity contribution is -0.130. The number of para-hydroxylation sites is 1. The van der Waals surface area contributed by atoms with Crippen molar-refractivity contribution in [2.24, 2.45) is 0 Å². The molecule has 24 heavy (non-hydrogen) atoms. The zero-order valence-corrected chi connectivity index (χ0v) is 13.6. The Balaban J connectivity index is 1.52. The third-order valence-corrected chi connectivity index (χ3v) is 4.16. The lowest BCUT2D eigenvalue weighted by Crippen LogP contribution is -2.39. The van der Waals surface area contributed by atoms with E-state index in [-0.39, 0.29) is 11.9 Å². The van der Waals surface area contributed by atoms with E-state index in [1.165, 1.54) is 0 Å². The fraction of sp³-hybridized carbons (Fsp3) is 0.333. The fourth-order valence-electron chi connectivity index (χ4n) is 2.85. The van der Waals surface area contributed by atoms with Crippen molar-refractivity contribution in [1.29, 1.82) is 0 Å². The molecule has 0 bridgehead atoms. The van der Waals surface area contributed by atoms with Crippen LogP contribution in [-0.2, 0) is 11.2 Å². The molecule has 0 spiro atoms. The number of nitrogens with zero attached hydrogens (tertiary/aromatic N) is 2. The maximum absolute atomic E-state index is 12.4. The van der Waals surface area contributed by atoms with Gasteiger partial charge in [0, 0.05) is 43.8 Å². The van der Waals surface area contributed by atoms with Crippen LogP contribution in [0.3, 0.4) is 0 Å². The Kier molecular flexibility index (Phi) is 5.15. The van der Waals surface area contributed by atoms with Crippen molar-refractivity contribution in [2.45, 2.75) is 12.8 Å². The van der Waals surface area contributed by atoms with Crippen LogP contribution in [0.1, 0.15) is 12.1 Å². The molecular formula is C18H22N4O2. The molecule has 1 saturated heterocycles. The van der Waals surface area contributed by atoms with Crippen molar-refractivity contribution in [2.75, 3.05) is 31.5 Å². The smallest absolute Gasteiger partial charge is 0.321 e. The third kappa shape index (κ3) is 4.16. The van der Waals surface area contributed by atoms with Gasteiger partial charge in [0.25, 0.3) is 0 Å². The van der Waals surface area contributed by atoms with Gasteiger partial charge in [-0.1, -0.05) is 18.2 Å². The van der Waals surface area contributed by atoms with Crippen LogP contribution in [0, 0.1) is 0 Å². The van der Waals surface area contributed by atoms with Gasteiger partial charge in [0.15, 0.2) is 0 Å². The first-order chi connectivity index (χ1) is 11.7. The molecule has 2 aromatic rings. The largest absolute Gasteiger partial charge is 0.365 e. The molecule has 6 heteroatoms. The zero-order valence-electron chi connectivity index (χ0n) is 13.6. The molecule has 3 amide bonds. The average Bonchev–Trinajstić information content (AvgIpc) is 2.96. The quantitative estimate of drug-likeness (QED) is 0.909. The van der Waals surface area contributed by atoms with Crippen molar-refractivity contribution in [3.8, 4) is 0 Å². The Labute approximate surface area is 141 Å². The summed E-state index contributed by atoms with van der Waals surface area (Å²) in [6.07, 6.45) is 2.99. The second-order valence-corrected chi connectivity index (χ2v) is 5.89. The number of urea groups is 1. The molecule has 3 rings (SSSR count). The molecule has 1 aliphatic heterocycles. The first-order valence-electron chi connectivity index (χ1n) is 8.23. The van der Waals surface area contributed by atoms with Crippen LogP contribution in [-0.4, -0.2) is 52.9 Å². The molecule has 0 radical (unpaired) electrons. The van der Waals surface area contributed by atoms with E-state index in [0.717, 1.165) is 17.8 Å². The highest BCUT2D eigenvalue weighted by molar-refractivity contribution is 5.89. The van der Waals surface area contributed by atoms with E-state index in [4.69, 9.17) is 0 Å². The summed E-state index contributed by atoms with van der Waals surface area (Å²) in [5.41, 5.74) is 1.70. The molecule has 1 aromatic carbocycles. The number of hydrogen-bond donors (Lipinski definition) is 2. The summed E-state index contributed by atoms with van der Waals surface area (Å²) in [6.45, 7) is 2.47. The number of aromatic amines is 1. The van der Waals surface area contributed by atoms with E-state index in [1.807, 2.05) is 53.6 Å². The van der Waals surface area contributed by atoms with E-state index in [1.54, 1.807) is 4.90 Å². The summed E-state index contributed by atoms with van der Waals surface area (Å²) in [5, 5.41) is 2.90. The molecule has 2 heterocycles. The normalized spacial score (nSPS) is 15.0. The second kappa shape index (κ2) is 7.68. The van der Waals surface area contributed by atoms with Gasteiger partial charge in [-0.05, 0) is 30.7 Å². The first-order valence-corrected chi connectivity index (χ1v) is 8.23. The Hall–Kier alpha value is -2.76. The van der Waals surface area contributed by atoms with E-state index < -0.39 is 0 Å². The molecular weight excluding hydrogens is 304 g/mol. The summed E-state index contributed by atoms with van der Waals surface area (Å²) in [7, 11) is 0. The molecule has 1 fully saturated rings. The van der Waals surface area contributed by atoms with Gasteiger partial charge < -0.3 is 20.1 Å². The molecule has 1 aromatic heterocycles. The van der Waals surface area contributed by atoms with Crippen LogP contribution in [0.2, 0.25) is 0 Å². The molecule has 0 atom stereocenters. The van der Waals surface area contributed by atoms with Gasteiger partial charge in [-0.2, -0.15) is 0 Å². The summed E-state index contributed by atoms with van der Waals surface area (Å²) in [5.74, 6) is 0.0998. The maximum atomic E-state index is 12.4. The predicted octanol–water partition coefficient (Wildman–Crippen LogP) is 2.32. The van der Waals surface area contributed by atoms with Gasteiger partial charge in [-0.25, -0.2) is 4.79 Å². The topological polar surface area (TPSA) is 68.4 Å². The molecule has 126 valence electrons. The van der Waals surface area contributed by atoms with Crippen LogP contribution in [0.25, 0.3) is 0 Å². The second-order valence-electron chi connectivity index (χ2n) is 5.89. The first kappa shape index (κ1) is 16.1. The monoisotopic (exact) mass is 326 g/mol. The van der Waals surface area contributed by atoms with Crippen molar-refractivity contribution >= 4 is 17.6 Å². The number of anilines is 1. The van der Waals surface area contributed by atoms with Gasteiger partial charge >= 0.3 is 6.03 Å². The van der Waals surface area contributed by atoms with Crippen LogP contribution >= 0.6 is 0 Å². The van der Waals surface area contributed by atoms with Gasteiger partial charge in [0.2, 0.25) is 5.91 Å². The highest BCUT2D eigenvalue weighted by Crippen LogP contribution is 2.10. The minimum Gasteiger partial charge on any atom is -0.365 e. The molecule has 0 saturated carbocycles.